The molecule has 116 valence electrons. The van der Waals surface area contributed by atoms with Crippen molar-refractivity contribution in [3.8, 4) is 23.5 Å². The van der Waals surface area contributed by atoms with Gasteiger partial charge in [-0.15, -0.1) is 0 Å². The van der Waals surface area contributed by atoms with E-state index in [1.165, 1.54) is 6.20 Å². The van der Waals surface area contributed by atoms with Gasteiger partial charge in [0.05, 0.1) is 6.20 Å². The van der Waals surface area contributed by atoms with E-state index < -0.39 is 5.91 Å². The number of benzene rings is 2. The summed E-state index contributed by atoms with van der Waals surface area (Å²) >= 11 is 0. The Hall–Kier alpha value is -3.65. The third-order valence-electron chi connectivity index (χ3n) is 2.95. The Morgan fingerprint density at radius 3 is 2.71 bits per heavy atom. The molecule has 2 aromatic carbocycles. The van der Waals surface area contributed by atoms with E-state index in [9.17, 15) is 4.79 Å². The van der Waals surface area contributed by atoms with E-state index in [1.807, 2.05) is 30.3 Å². The number of hydrogen-bond donors (Lipinski definition) is 1. The minimum Gasteiger partial charge on any atom is -0.437 e. The summed E-state index contributed by atoms with van der Waals surface area (Å²) in [5.74, 6) is 5.89. The lowest BCUT2D eigenvalue weighted by molar-refractivity contribution is -0.111. The molecule has 1 aromatic heterocycles. The van der Waals surface area contributed by atoms with E-state index in [-0.39, 0.29) is 0 Å². The van der Waals surface area contributed by atoms with E-state index in [4.69, 9.17) is 4.74 Å². The molecule has 0 saturated heterocycles. The van der Waals surface area contributed by atoms with Gasteiger partial charge in [-0.2, -0.15) is 0 Å². The number of anilines is 1. The number of carbonyl (C=O) groups is 1. The number of hydrogen-bond acceptors (Lipinski definition) is 4. The zero-order chi connectivity index (χ0) is 16.6. The van der Waals surface area contributed by atoms with Crippen molar-refractivity contribution in [2.24, 2.45) is 0 Å². The first-order valence-electron chi connectivity index (χ1n) is 7.21. The summed E-state index contributed by atoms with van der Waals surface area (Å²) in [7, 11) is 0. The third-order valence-corrected chi connectivity index (χ3v) is 2.95. The predicted molar refractivity (Wildman–Crippen MR) is 90.5 cm³/mol. The van der Waals surface area contributed by atoms with E-state index in [1.54, 1.807) is 36.7 Å². The lowest BCUT2D eigenvalue weighted by Crippen LogP contribution is -2.08. The van der Waals surface area contributed by atoms with Gasteiger partial charge in [-0.1, -0.05) is 30.2 Å². The lowest BCUT2D eigenvalue weighted by Gasteiger charge is -2.06. The van der Waals surface area contributed by atoms with Crippen molar-refractivity contribution in [2.45, 2.75) is 0 Å². The quantitative estimate of drug-likeness (QED) is 0.754. The largest absolute Gasteiger partial charge is 0.437 e. The second kappa shape index (κ2) is 7.56. The molecule has 0 aliphatic carbocycles. The van der Waals surface area contributed by atoms with Crippen LogP contribution in [0.5, 0.6) is 11.6 Å². The van der Waals surface area contributed by atoms with Crippen molar-refractivity contribution in [1.82, 2.24) is 9.97 Å². The van der Waals surface area contributed by atoms with Gasteiger partial charge in [0.15, 0.2) is 0 Å². The number of rotatable bonds is 3. The van der Waals surface area contributed by atoms with Crippen LogP contribution in [0.25, 0.3) is 0 Å². The van der Waals surface area contributed by atoms with Crippen molar-refractivity contribution >= 4 is 11.6 Å². The van der Waals surface area contributed by atoms with Crippen LogP contribution in [0, 0.1) is 11.8 Å². The number of amides is 1. The molecule has 0 bridgehead atoms. The molecule has 0 unspecified atom stereocenters. The molecule has 1 heterocycles. The number of nitrogens with zero attached hydrogens (tertiary/aromatic N) is 2. The maximum Gasteiger partial charge on any atom is 0.300 e. The Balaban J connectivity index is 1.66. The summed E-state index contributed by atoms with van der Waals surface area (Å²) in [5.41, 5.74) is 1.37. The highest BCUT2D eigenvalue weighted by Gasteiger charge is 2.02. The second-order valence-corrected chi connectivity index (χ2v) is 4.74. The molecule has 0 aliphatic heterocycles. The van der Waals surface area contributed by atoms with Crippen molar-refractivity contribution in [3.05, 3.63) is 78.8 Å². The summed E-state index contributed by atoms with van der Waals surface area (Å²) < 4.78 is 5.57. The number of ether oxygens (including phenoxy) is 1. The summed E-state index contributed by atoms with van der Waals surface area (Å²) in [5, 5.41) is 2.71. The molecule has 5 nitrogen and oxygen atoms in total. The van der Waals surface area contributed by atoms with Crippen LogP contribution in [0.4, 0.5) is 5.69 Å². The molecule has 24 heavy (non-hydrogen) atoms. The number of aromatic nitrogens is 2. The van der Waals surface area contributed by atoms with Crippen LogP contribution in [-0.4, -0.2) is 15.9 Å². The molecule has 0 aliphatic rings. The van der Waals surface area contributed by atoms with E-state index in [2.05, 4.69) is 27.1 Å². The summed E-state index contributed by atoms with van der Waals surface area (Å²) in [4.78, 5) is 19.9. The molecule has 0 spiro atoms. The van der Waals surface area contributed by atoms with E-state index in [0.29, 0.717) is 17.3 Å². The first-order chi connectivity index (χ1) is 11.8. The average molecular weight is 315 g/mol. The minimum absolute atomic E-state index is 0.379. The van der Waals surface area contributed by atoms with Gasteiger partial charge >= 0.3 is 5.91 Å². The first kappa shape index (κ1) is 15.3. The Bertz CT molecular complexity index is 884. The summed E-state index contributed by atoms with van der Waals surface area (Å²) in [6.45, 7) is 0. The lowest BCUT2D eigenvalue weighted by atomic mass is 10.2. The van der Waals surface area contributed by atoms with Crippen molar-refractivity contribution < 1.29 is 9.53 Å². The smallest absolute Gasteiger partial charge is 0.300 e. The molecule has 0 atom stereocenters. The molecule has 0 fully saturated rings. The Labute approximate surface area is 139 Å². The average Bonchev–Trinajstić information content (AvgIpc) is 2.62. The van der Waals surface area contributed by atoms with Gasteiger partial charge < -0.3 is 10.1 Å². The first-order valence-corrected chi connectivity index (χ1v) is 7.21. The van der Waals surface area contributed by atoms with Gasteiger partial charge in [0.25, 0.3) is 0 Å². The maximum absolute atomic E-state index is 11.9. The van der Waals surface area contributed by atoms with Gasteiger partial charge in [0.1, 0.15) is 5.75 Å². The molecule has 3 aromatic rings. The number of carbonyl (C=O) groups excluding carboxylic acids is 1. The monoisotopic (exact) mass is 315 g/mol. The second-order valence-electron chi connectivity index (χ2n) is 4.74. The van der Waals surface area contributed by atoms with E-state index >= 15 is 0 Å². The molecule has 0 radical (unpaired) electrons. The standard InChI is InChI=1S/C19H13N3O2/c23-18(10-9-15-5-2-1-3-6-15)22-16-7-4-8-17(13-16)24-19-14-20-11-12-21-19/h1-8,11-14H,(H,22,23). The van der Waals surface area contributed by atoms with Crippen LogP contribution in [0.2, 0.25) is 0 Å². The fourth-order valence-electron chi connectivity index (χ4n) is 1.91. The Morgan fingerprint density at radius 1 is 1.04 bits per heavy atom. The molecule has 0 saturated carbocycles. The van der Waals surface area contributed by atoms with Crippen molar-refractivity contribution in [2.75, 3.05) is 5.32 Å². The fraction of sp³-hybridized carbons (Fsp3) is 0. The van der Waals surface area contributed by atoms with Gasteiger partial charge in [0, 0.05) is 35.6 Å². The normalized spacial score (nSPS) is 9.50. The van der Waals surface area contributed by atoms with Gasteiger partial charge in [-0.3, -0.25) is 9.78 Å². The van der Waals surface area contributed by atoms with Crippen LogP contribution in [0.1, 0.15) is 5.56 Å². The predicted octanol–water partition coefficient (Wildman–Crippen LogP) is 3.26. The molecule has 3 rings (SSSR count). The van der Waals surface area contributed by atoms with Crippen LogP contribution in [0.3, 0.4) is 0 Å². The number of nitrogens with one attached hydrogen (secondary N) is 1. The maximum atomic E-state index is 11.9. The molecular weight excluding hydrogens is 302 g/mol. The third kappa shape index (κ3) is 4.42. The van der Waals surface area contributed by atoms with Gasteiger partial charge in [0.2, 0.25) is 5.88 Å². The van der Waals surface area contributed by atoms with Gasteiger partial charge in [-0.05, 0) is 24.3 Å². The molecule has 1 amide bonds. The topological polar surface area (TPSA) is 64.1 Å². The molecular formula is C19H13N3O2. The highest BCUT2D eigenvalue weighted by molar-refractivity contribution is 6.04. The van der Waals surface area contributed by atoms with Gasteiger partial charge in [-0.25, -0.2) is 4.98 Å². The Kier molecular flexibility index (Phi) is 4.81. The SMILES string of the molecule is O=C(C#Cc1ccccc1)Nc1cccc(Oc2cnccn2)c1. The molecule has 1 N–H and O–H groups in total. The van der Waals surface area contributed by atoms with Crippen LogP contribution in [-0.2, 0) is 4.79 Å². The fourth-order valence-corrected chi connectivity index (χ4v) is 1.91. The summed E-state index contributed by atoms with van der Waals surface area (Å²) in [6, 6.07) is 16.3. The van der Waals surface area contributed by atoms with E-state index in [0.717, 1.165) is 5.56 Å². The van der Waals surface area contributed by atoms with Crippen LogP contribution in [0.15, 0.2) is 73.2 Å². The summed E-state index contributed by atoms with van der Waals surface area (Å²) in [6.07, 6.45) is 4.62. The highest BCUT2D eigenvalue weighted by atomic mass is 16.5. The Morgan fingerprint density at radius 2 is 1.92 bits per heavy atom. The van der Waals surface area contributed by atoms with Crippen molar-refractivity contribution in [3.63, 3.8) is 0 Å². The zero-order valence-corrected chi connectivity index (χ0v) is 12.6. The highest BCUT2D eigenvalue weighted by Crippen LogP contribution is 2.21. The zero-order valence-electron chi connectivity index (χ0n) is 12.6. The molecule has 5 heteroatoms. The minimum atomic E-state index is -0.393. The van der Waals surface area contributed by atoms with Crippen molar-refractivity contribution in [1.29, 1.82) is 0 Å². The van der Waals surface area contributed by atoms with Crippen LogP contribution >= 0.6 is 0 Å². The van der Waals surface area contributed by atoms with Crippen LogP contribution < -0.4 is 10.1 Å².